The zero-order valence-corrected chi connectivity index (χ0v) is 20.4. The molecule has 1 unspecified atom stereocenters. The number of aromatic hydroxyl groups is 1. The first-order chi connectivity index (χ1) is 17.2. The highest BCUT2D eigenvalue weighted by atomic mass is 19.1. The van der Waals surface area contributed by atoms with Crippen LogP contribution in [0.1, 0.15) is 55.4 Å². The molecule has 0 spiro atoms. The van der Waals surface area contributed by atoms with Crippen molar-refractivity contribution in [3.63, 3.8) is 0 Å². The lowest BCUT2D eigenvalue weighted by Gasteiger charge is -2.24. The first-order valence-electron chi connectivity index (χ1n) is 12.0. The maximum atomic E-state index is 13.9. The topological polar surface area (TPSA) is 112 Å². The molecule has 1 atom stereocenters. The number of aliphatic imine (C=N–C) groups is 1. The Morgan fingerprint density at radius 2 is 1.86 bits per heavy atom. The van der Waals surface area contributed by atoms with E-state index in [1.165, 1.54) is 12.1 Å². The Morgan fingerprint density at radius 3 is 2.56 bits per heavy atom. The number of aromatic amines is 1. The number of aliphatic carboxylic acids is 1. The van der Waals surface area contributed by atoms with Crippen LogP contribution in [0.5, 0.6) is 5.88 Å². The molecule has 0 aliphatic carbocycles. The van der Waals surface area contributed by atoms with Crippen molar-refractivity contribution in [1.82, 2.24) is 4.98 Å². The van der Waals surface area contributed by atoms with E-state index in [-0.39, 0.29) is 12.3 Å². The van der Waals surface area contributed by atoms with Gasteiger partial charge in [0, 0.05) is 22.9 Å². The number of nitrogens with zero attached hydrogens (tertiary/aromatic N) is 1. The lowest BCUT2D eigenvalue weighted by Crippen LogP contribution is -2.32. The van der Waals surface area contributed by atoms with Crippen LogP contribution < -0.4 is 5.73 Å². The fourth-order valence-electron chi connectivity index (χ4n) is 4.49. The summed E-state index contributed by atoms with van der Waals surface area (Å²) in [5, 5.41) is 20.5. The van der Waals surface area contributed by atoms with Crippen LogP contribution in [0.4, 0.5) is 10.1 Å². The number of benzene rings is 3. The number of carbonyl (C=O) groups is 1. The fourth-order valence-corrected chi connectivity index (χ4v) is 4.49. The zero-order chi connectivity index (χ0) is 25.9. The van der Waals surface area contributed by atoms with Gasteiger partial charge in [-0.2, -0.15) is 0 Å². The minimum absolute atomic E-state index is 0.00458. The first kappa shape index (κ1) is 25.1. The van der Waals surface area contributed by atoms with Crippen LogP contribution >= 0.6 is 0 Å². The number of nitrogens with one attached hydrogen (secondary N) is 1. The SMILES string of the molecule is CCCC(C)(N)c1ccc(N=C(c2cccc(CCC(=O)O)c2)c2c(O)[nH]c3cc(F)ccc23)cc1. The molecule has 1 heterocycles. The second-order valence-corrected chi connectivity index (χ2v) is 9.31. The monoisotopic (exact) mass is 487 g/mol. The van der Waals surface area contributed by atoms with Crippen molar-refractivity contribution in [1.29, 1.82) is 0 Å². The van der Waals surface area contributed by atoms with Gasteiger partial charge in [-0.3, -0.25) is 4.79 Å². The Hall–Kier alpha value is -3.97. The van der Waals surface area contributed by atoms with Crippen molar-refractivity contribution < 1.29 is 19.4 Å². The summed E-state index contributed by atoms with van der Waals surface area (Å²) in [5.41, 5.74) is 10.6. The fraction of sp³-hybridized carbons (Fsp3) is 0.241. The summed E-state index contributed by atoms with van der Waals surface area (Å²) < 4.78 is 13.9. The highest BCUT2D eigenvalue weighted by Crippen LogP contribution is 2.33. The third-order valence-electron chi connectivity index (χ3n) is 6.34. The number of carboxylic acid groups (broad SMARTS) is 1. The third-order valence-corrected chi connectivity index (χ3v) is 6.34. The van der Waals surface area contributed by atoms with Gasteiger partial charge in [0.25, 0.3) is 0 Å². The molecule has 0 fully saturated rings. The Kier molecular flexibility index (Phi) is 7.22. The zero-order valence-electron chi connectivity index (χ0n) is 20.4. The van der Waals surface area contributed by atoms with E-state index < -0.39 is 17.3 Å². The number of hydrogen-bond donors (Lipinski definition) is 4. The van der Waals surface area contributed by atoms with E-state index in [0.29, 0.717) is 39.8 Å². The molecule has 1 aromatic heterocycles. The number of halogens is 1. The van der Waals surface area contributed by atoms with Crippen LogP contribution in [0.3, 0.4) is 0 Å². The van der Waals surface area contributed by atoms with Crippen LogP contribution in [0.2, 0.25) is 0 Å². The van der Waals surface area contributed by atoms with Crippen LogP contribution in [0.15, 0.2) is 71.7 Å². The molecule has 36 heavy (non-hydrogen) atoms. The Bertz CT molecular complexity index is 1420. The normalized spacial score (nSPS) is 13.6. The Morgan fingerprint density at radius 1 is 1.11 bits per heavy atom. The molecule has 0 saturated carbocycles. The maximum absolute atomic E-state index is 13.9. The first-order valence-corrected chi connectivity index (χ1v) is 12.0. The summed E-state index contributed by atoms with van der Waals surface area (Å²) in [4.78, 5) is 18.8. The van der Waals surface area contributed by atoms with Crippen molar-refractivity contribution in [2.45, 2.75) is 45.1 Å². The average Bonchev–Trinajstić information content (AvgIpc) is 3.16. The molecule has 0 aliphatic rings. The summed E-state index contributed by atoms with van der Waals surface area (Å²) in [6, 6.07) is 19.4. The largest absolute Gasteiger partial charge is 0.494 e. The number of aromatic nitrogens is 1. The van der Waals surface area contributed by atoms with Crippen LogP contribution in [0, 0.1) is 5.82 Å². The highest BCUT2D eigenvalue weighted by molar-refractivity contribution is 6.21. The lowest BCUT2D eigenvalue weighted by atomic mass is 9.89. The van der Waals surface area contributed by atoms with Gasteiger partial charge in [-0.25, -0.2) is 9.38 Å². The van der Waals surface area contributed by atoms with Crippen molar-refractivity contribution in [2.75, 3.05) is 0 Å². The molecule has 4 aromatic rings. The van der Waals surface area contributed by atoms with E-state index in [2.05, 4.69) is 11.9 Å². The molecule has 7 heteroatoms. The van der Waals surface area contributed by atoms with Gasteiger partial charge in [-0.1, -0.05) is 43.7 Å². The number of nitrogens with two attached hydrogens (primary N) is 1. The molecule has 0 amide bonds. The van der Waals surface area contributed by atoms with Gasteiger partial charge in [-0.05, 0) is 67.3 Å². The predicted octanol–water partition coefficient (Wildman–Crippen LogP) is 6.17. The van der Waals surface area contributed by atoms with E-state index in [9.17, 15) is 14.3 Å². The molecule has 0 radical (unpaired) electrons. The predicted molar refractivity (Wildman–Crippen MR) is 141 cm³/mol. The molecule has 0 bridgehead atoms. The van der Waals surface area contributed by atoms with E-state index >= 15 is 0 Å². The second-order valence-electron chi connectivity index (χ2n) is 9.31. The number of rotatable bonds is 9. The quantitative estimate of drug-likeness (QED) is 0.211. The number of carboxylic acids is 1. The van der Waals surface area contributed by atoms with Gasteiger partial charge in [-0.15, -0.1) is 0 Å². The smallest absolute Gasteiger partial charge is 0.303 e. The second kappa shape index (κ2) is 10.3. The van der Waals surface area contributed by atoms with Gasteiger partial charge in [0.05, 0.1) is 22.5 Å². The third kappa shape index (κ3) is 5.47. The van der Waals surface area contributed by atoms with Gasteiger partial charge in [0.1, 0.15) is 5.82 Å². The molecule has 0 saturated heterocycles. The molecule has 5 N–H and O–H groups in total. The minimum Gasteiger partial charge on any atom is -0.494 e. The Labute approximate surface area is 209 Å². The lowest BCUT2D eigenvalue weighted by molar-refractivity contribution is -0.136. The van der Waals surface area contributed by atoms with Crippen molar-refractivity contribution >= 4 is 28.3 Å². The molecular formula is C29H30FN3O3. The highest BCUT2D eigenvalue weighted by Gasteiger charge is 2.21. The van der Waals surface area contributed by atoms with Crippen LogP contribution in [0.25, 0.3) is 10.9 Å². The molecule has 186 valence electrons. The molecule has 4 rings (SSSR count). The maximum Gasteiger partial charge on any atom is 0.303 e. The van der Waals surface area contributed by atoms with Crippen molar-refractivity contribution in [3.8, 4) is 5.88 Å². The van der Waals surface area contributed by atoms with Crippen molar-refractivity contribution in [2.24, 2.45) is 10.7 Å². The van der Waals surface area contributed by atoms with Crippen molar-refractivity contribution in [3.05, 3.63) is 94.8 Å². The number of fused-ring (bicyclic) bond motifs is 1. The van der Waals surface area contributed by atoms with E-state index in [0.717, 1.165) is 24.0 Å². The number of hydrogen-bond acceptors (Lipinski definition) is 4. The molecule has 3 aromatic carbocycles. The standard InChI is InChI=1S/C29H30FN3O3/c1-3-15-29(2,31)20-8-11-22(12-9-20)32-27(19-6-4-5-18(16-19)7-14-25(34)35)26-23-13-10-21(30)17-24(23)33-28(26)36/h4-6,8-13,16-17,33,36H,3,7,14-15,31H2,1-2H3,(H,34,35). The Balaban J connectivity index is 1.85. The number of H-pyrrole nitrogens is 1. The summed E-state index contributed by atoms with van der Waals surface area (Å²) in [6.45, 7) is 4.10. The summed E-state index contributed by atoms with van der Waals surface area (Å²) in [6.07, 6.45) is 2.19. The van der Waals surface area contributed by atoms with E-state index in [1.54, 1.807) is 6.07 Å². The van der Waals surface area contributed by atoms with Crippen LogP contribution in [-0.2, 0) is 16.8 Å². The van der Waals surface area contributed by atoms with E-state index in [4.69, 9.17) is 15.8 Å². The minimum atomic E-state index is -0.874. The van der Waals surface area contributed by atoms with Gasteiger partial charge in [0.15, 0.2) is 5.88 Å². The van der Waals surface area contributed by atoms with Gasteiger partial charge >= 0.3 is 5.97 Å². The van der Waals surface area contributed by atoms with Gasteiger partial charge < -0.3 is 20.9 Å². The average molecular weight is 488 g/mol. The summed E-state index contributed by atoms with van der Waals surface area (Å²) in [5.74, 6) is -1.42. The van der Waals surface area contributed by atoms with E-state index in [1.807, 2.05) is 55.5 Å². The molecular weight excluding hydrogens is 457 g/mol. The molecule has 6 nitrogen and oxygen atoms in total. The van der Waals surface area contributed by atoms with Gasteiger partial charge in [0.2, 0.25) is 0 Å². The molecule has 0 aliphatic heterocycles. The van der Waals surface area contributed by atoms with Crippen LogP contribution in [-0.4, -0.2) is 26.9 Å². The number of aryl methyl sites for hydroxylation is 1. The summed E-state index contributed by atoms with van der Waals surface area (Å²) >= 11 is 0. The summed E-state index contributed by atoms with van der Waals surface area (Å²) in [7, 11) is 0.